The molecule has 2 heterocycles. The first kappa shape index (κ1) is 15.3. The van der Waals surface area contributed by atoms with Crippen molar-refractivity contribution in [3.8, 4) is 0 Å². The summed E-state index contributed by atoms with van der Waals surface area (Å²) in [6, 6.07) is 0.320. The van der Waals surface area contributed by atoms with E-state index in [1.807, 2.05) is 32.3 Å². The van der Waals surface area contributed by atoms with Gasteiger partial charge in [-0.25, -0.2) is 9.78 Å². The number of nitrogens with one attached hydrogen (secondary N) is 1. The summed E-state index contributed by atoms with van der Waals surface area (Å²) in [5.74, 6) is 0. The normalized spacial score (nSPS) is 19.9. The van der Waals surface area contributed by atoms with Gasteiger partial charge in [-0.1, -0.05) is 0 Å². The first-order chi connectivity index (χ1) is 9.44. The number of ether oxygens (including phenoxy) is 1. The van der Waals surface area contributed by atoms with E-state index in [1.165, 1.54) is 0 Å². The number of carbonyl (C=O) groups excluding carboxylic acids is 1. The van der Waals surface area contributed by atoms with E-state index >= 15 is 0 Å². The van der Waals surface area contributed by atoms with Gasteiger partial charge in [0.2, 0.25) is 0 Å². The molecule has 2 rings (SSSR count). The van der Waals surface area contributed by atoms with Crippen molar-refractivity contribution in [2.75, 3.05) is 13.1 Å². The van der Waals surface area contributed by atoms with Crippen LogP contribution in [0.3, 0.4) is 0 Å². The summed E-state index contributed by atoms with van der Waals surface area (Å²) in [6.45, 7) is 7.95. The van der Waals surface area contributed by atoms with Crippen molar-refractivity contribution in [2.24, 2.45) is 0 Å². The van der Waals surface area contributed by atoms with Gasteiger partial charge in [0, 0.05) is 37.3 Å². The molecule has 6 heteroatoms. The Bertz CT molecular complexity index is 428. The van der Waals surface area contributed by atoms with Crippen molar-refractivity contribution in [2.45, 2.75) is 51.8 Å². The van der Waals surface area contributed by atoms with Crippen LogP contribution < -0.4 is 5.32 Å². The zero-order chi connectivity index (χ0) is 14.6. The van der Waals surface area contributed by atoms with E-state index < -0.39 is 5.60 Å². The minimum absolute atomic E-state index is 0.210. The molecular formula is C14H23N3O2S. The molecule has 1 aliphatic rings. The molecule has 20 heavy (non-hydrogen) atoms. The van der Waals surface area contributed by atoms with Gasteiger partial charge in [0.25, 0.3) is 0 Å². The van der Waals surface area contributed by atoms with Gasteiger partial charge in [-0.3, -0.25) is 0 Å². The number of likely N-dealkylation sites (tertiary alicyclic amines) is 1. The quantitative estimate of drug-likeness (QED) is 0.932. The Hall–Kier alpha value is -1.14. The Balaban J connectivity index is 1.80. The fourth-order valence-corrected chi connectivity index (χ4v) is 2.78. The maximum Gasteiger partial charge on any atom is 0.410 e. The molecule has 1 amide bonds. The van der Waals surface area contributed by atoms with Crippen molar-refractivity contribution < 1.29 is 9.53 Å². The average molecular weight is 297 g/mol. The molecule has 1 aromatic rings. The van der Waals surface area contributed by atoms with Gasteiger partial charge in [0.1, 0.15) is 10.6 Å². The molecule has 1 saturated heterocycles. The van der Waals surface area contributed by atoms with Crippen molar-refractivity contribution in [3.63, 3.8) is 0 Å². The van der Waals surface area contributed by atoms with E-state index in [0.717, 1.165) is 30.9 Å². The monoisotopic (exact) mass is 297 g/mol. The fraction of sp³-hybridized carbons (Fsp3) is 0.714. The van der Waals surface area contributed by atoms with Crippen molar-refractivity contribution in [1.82, 2.24) is 15.2 Å². The number of carbonyl (C=O) groups is 1. The summed E-state index contributed by atoms with van der Waals surface area (Å²) in [4.78, 5) is 18.1. The van der Waals surface area contributed by atoms with Gasteiger partial charge in [-0.15, -0.1) is 11.3 Å². The second kappa shape index (κ2) is 6.54. The zero-order valence-electron chi connectivity index (χ0n) is 12.4. The number of piperidine rings is 1. The zero-order valence-corrected chi connectivity index (χ0v) is 13.2. The third-order valence-electron chi connectivity index (χ3n) is 3.10. The van der Waals surface area contributed by atoms with Crippen LogP contribution in [-0.4, -0.2) is 40.7 Å². The molecule has 112 valence electrons. The Morgan fingerprint density at radius 2 is 2.40 bits per heavy atom. The van der Waals surface area contributed by atoms with E-state index in [4.69, 9.17) is 4.74 Å². The minimum Gasteiger partial charge on any atom is -0.444 e. The third-order valence-corrected chi connectivity index (χ3v) is 3.88. The van der Waals surface area contributed by atoms with Gasteiger partial charge in [0.05, 0.1) is 0 Å². The van der Waals surface area contributed by atoms with Crippen molar-refractivity contribution in [3.05, 3.63) is 16.6 Å². The van der Waals surface area contributed by atoms with Crippen molar-refractivity contribution >= 4 is 17.4 Å². The van der Waals surface area contributed by atoms with E-state index in [1.54, 1.807) is 16.2 Å². The Labute approximate surface area is 124 Å². The molecule has 5 nitrogen and oxygen atoms in total. The summed E-state index contributed by atoms with van der Waals surface area (Å²) >= 11 is 1.65. The van der Waals surface area contributed by atoms with Crippen LogP contribution in [0.5, 0.6) is 0 Å². The Kier molecular flexibility index (Phi) is 4.99. The number of hydrogen-bond donors (Lipinski definition) is 1. The van der Waals surface area contributed by atoms with Gasteiger partial charge in [-0.2, -0.15) is 0 Å². The summed E-state index contributed by atoms with van der Waals surface area (Å²) in [6.07, 6.45) is 3.70. The molecule has 0 saturated carbocycles. The van der Waals surface area contributed by atoms with Crippen LogP contribution in [-0.2, 0) is 11.3 Å². The SMILES string of the molecule is CC(C)(C)OC(=O)N1CCCC(NCc2nccs2)C1. The lowest BCUT2D eigenvalue weighted by atomic mass is 10.1. The Morgan fingerprint density at radius 1 is 1.60 bits per heavy atom. The predicted molar refractivity (Wildman–Crippen MR) is 79.8 cm³/mol. The highest BCUT2D eigenvalue weighted by Crippen LogP contribution is 2.16. The number of nitrogens with zero attached hydrogens (tertiary/aromatic N) is 2. The van der Waals surface area contributed by atoms with Gasteiger partial charge in [0.15, 0.2) is 0 Å². The van der Waals surface area contributed by atoms with Gasteiger partial charge >= 0.3 is 6.09 Å². The van der Waals surface area contributed by atoms with Crippen LogP contribution in [0.1, 0.15) is 38.6 Å². The summed E-state index contributed by atoms with van der Waals surface area (Å²) in [5.41, 5.74) is -0.432. The van der Waals surface area contributed by atoms with E-state index in [-0.39, 0.29) is 6.09 Å². The van der Waals surface area contributed by atoms with Crippen LogP contribution >= 0.6 is 11.3 Å². The van der Waals surface area contributed by atoms with Crippen molar-refractivity contribution in [1.29, 1.82) is 0 Å². The highest BCUT2D eigenvalue weighted by Gasteiger charge is 2.27. The molecule has 0 aromatic carbocycles. The maximum absolute atomic E-state index is 12.1. The summed E-state index contributed by atoms with van der Waals surface area (Å²) in [5, 5.41) is 6.53. The maximum atomic E-state index is 12.1. The molecule has 1 unspecified atom stereocenters. The van der Waals surface area contributed by atoms with E-state index in [0.29, 0.717) is 12.6 Å². The average Bonchev–Trinajstić information content (AvgIpc) is 2.88. The lowest BCUT2D eigenvalue weighted by molar-refractivity contribution is 0.0187. The lowest BCUT2D eigenvalue weighted by Gasteiger charge is -2.34. The van der Waals surface area contributed by atoms with E-state index in [9.17, 15) is 4.79 Å². The third kappa shape index (κ3) is 4.76. The predicted octanol–water partition coefficient (Wildman–Crippen LogP) is 2.63. The van der Waals surface area contributed by atoms with Crippen LogP contribution in [0.4, 0.5) is 4.79 Å². The highest BCUT2D eigenvalue weighted by atomic mass is 32.1. The number of hydrogen-bond acceptors (Lipinski definition) is 5. The molecule has 0 aliphatic carbocycles. The second-order valence-corrected chi connectivity index (χ2v) is 7.05. The van der Waals surface area contributed by atoms with Gasteiger partial charge in [-0.05, 0) is 33.6 Å². The Morgan fingerprint density at radius 3 is 3.05 bits per heavy atom. The van der Waals surface area contributed by atoms with E-state index in [2.05, 4.69) is 10.3 Å². The topological polar surface area (TPSA) is 54.5 Å². The first-order valence-electron chi connectivity index (χ1n) is 7.04. The summed E-state index contributed by atoms with van der Waals surface area (Å²) < 4.78 is 5.42. The fourth-order valence-electron chi connectivity index (χ4n) is 2.21. The number of amides is 1. The minimum atomic E-state index is -0.432. The van der Waals surface area contributed by atoms with Crippen LogP contribution in [0.25, 0.3) is 0 Å². The largest absolute Gasteiger partial charge is 0.444 e. The molecular weight excluding hydrogens is 274 g/mol. The molecule has 1 fully saturated rings. The lowest BCUT2D eigenvalue weighted by Crippen LogP contribution is -2.49. The summed E-state index contributed by atoms with van der Waals surface area (Å²) in [7, 11) is 0. The van der Waals surface area contributed by atoms with Gasteiger partial charge < -0.3 is 15.0 Å². The van der Waals surface area contributed by atoms with Crippen LogP contribution in [0, 0.1) is 0 Å². The molecule has 1 aromatic heterocycles. The molecule has 0 radical (unpaired) electrons. The number of aromatic nitrogens is 1. The molecule has 1 aliphatic heterocycles. The number of rotatable bonds is 3. The van der Waals surface area contributed by atoms with Crippen LogP contribution in [0.2, 0.25) is 0 Å². The smallest absolute Gasteiger partial charge is 0.410 e. The first-order valence-corrected chi connectivity index (χ1v) is 7.92. The second-order valence-electron chi connectivity index (χ2n) is 6.07. The highest BCUT2D eigenvalue weighted by molar-refractivity contribution is 7.09. The molecule has 0 spiro atoms. The molecule has 0 bridgehead atoms. The molecule has 1 N–H and O–H groups in total. The number of thiazole rings is 1. The standard InChI is InChI=1S/C14H23N3O2S/c1-14(2,3)19-13(18)17-7-4-5-11(10-17)16-9-12-15-6-8-20-12/h6,8,11,16H,4-5,7,9-10H2,1-3H3. The molecule has 1 atom stereocenters. The van der Waals surface area contributed by atoms with Crippen LogP contribution in [0.15, 0.2) is 11.6 Å².